The van der Waals surface area contributed by atoms with Crippen molar-refractivity contribution in [2.75, 3.05) is 6.54 Å². The highest BCUT2D eigenvalue weighted by atomic mass is 19.1. The van der Waals surface area contributed by atoms with E-state index < -0.39 is 0 Å². The molecule has 2 heteroatoms. The van der Waals surface area contributed by atoms with Gasteiger partial charge in [0.2, 0.25) is 0 Å². The molecule has 2 aromatic rings. The van der Waals surface area contributed by atoms with Gasteiger partial charge in [-0.15, -0.1) is 0 Å². The fourth-order valence-corrected chi connectivity index (χ4v) is 2.35. The van der Waals surface area contributed by atoms with Crippen LogP contribution in [-0.2, 0) is 12.8 Å². The molecule has 0 saturated carbocycles. The van der Waals surface area contributed by atoms with Crippen LogP contribution >= 0.6 is 0 Å². The molecule has 0 bridgehead atoms. The van der Waals surface area contributed by atoms with Crippen LogP contribution in [0.5, 0.6) is 0 Å². The summed E-state index contributed by atoms with van der Waals surface area (Å²) in [6.07, 6.45) is 1.81. The normalized spacial score (nSPS) is 12.3. The first-order chi connectivity index (χ1) is 9.28. The second-order valence-electron chi connectivity index (χ2n) is 4.78. The van der Waals surface area contributed by atoms with Gasteiger partial charge in [-0.25, -0.2) is 4.39 Å². The third-order valence-corrected chi connectivity index (χ3v) is 3.19. The van der Waals surface area contributed by atoms with E-state index >= 15 is 0 Å². The van der Waals surface area contributed by atoms with Crippen molar-refractivity contribution in [2.24, 2.45) is 0 Å². The van der Waals surface area contributed by atoms with Crippen molar-refractivity contribution < 1.29 is 4.39 Å². The maximum atomic E-state index is 13.2. The fraction of sp³-hybridized carbons (Fsp3) is 0.294. The second kappa shape index (κ2) is 7.05. The zero-order chi connectivity index (χ0) is 13.5. The van der Waals surface area contributed by atoms with Gasteiger partial charge < -0.3 is 5.32 Å². The van der Waals surface area contributed by atoms with Gasteiger partial charge in [0, 0.05) is 6.04 Å². The Labute approximate surface area is 114 Å². The summed E-state index contributed by atoms with van der Waals surface area (Å²) in [6, 6.07) is 17.6. The van der Waals surface area contributed by atoms with E-state index in [2.05, 4.69) is 36.5 Å². The van der Waals surface area contributed by atoms with Gasteiger partial charge in [0.25, 0.3) is 0 Å². The fourth-order valence-electron chi connectivity index (χ4n) is 2.35. The van der Waals surface area contributed by atoms with Crippen molar-refractivity contribution in [1.29, 1.82) is 0 Å². The highest BCUT2D eigenvalue weighted by molar-refractivity contribution is 5.20. The molecular formula is C17H20FN. The summed E-state index contributed by atoms with van der Waals surface area (Å²) >= 11 is 0. The molecule has 0 heterocycles. The Balaban J connectivity index is 2.04. The first-order valence-corrected chi connectivity index (χ1v) is 6.79. The van der Waals surface area contributed by atoms with Crippen molar-refractivity contribution in [1.82, 2.24) is 5.32 Å². The van der Waals surface area contributed by atoms with Gasteiger partial charge in [0.15, 0.2) is 0 Å². The zero-order valence-corrected chi connectivity index (χ0v) is 11.3. The largest absolute Gasteiger partial charge is 0.314 e. The number of hydrogen-bond acceptors (Lipinski definition) is 1. The Hall–Kier alpha value is -1.67. The summed E-state index contributed by atoms with van der Waals surface area (Å²) in [4.78, 5) is 0. The molecule has 0 spiro atoms. The van der Waals surface area contributed by atoms with E-state index in [4.69, 9.17) is 0 Å². The first kappa shape index (κ1) is 13.8. The van der Waals surface area contributed by atoms with E-state index in [1.54, 1.807) is 12.1 Å². The van der Waals surface area contributed by atoms with Crippen LogP contribution in [0.15, 0.2) is 54.6 Å². The minimum atomic E-state index is -0.160. The molecule has 1 atom stereocenters. The van der Waals surface area contributed by atoms with Gasteiger partial charge in [-0.2, -0.15) is 0 Å². The van der Waals surface area contributed by atoms with Crippen LogP contribution in [0.4, 0.5) is 4.39 Å². The Morgan fingerprint density at radius 2 is 1.63 bits per heavy atom. The molecule has 0 saturated heterocycles. The maximum Gasteiger partial charge on any atom is 0.123 e. The quantitative estimate of drug-likeness (QED) is 0.834. The van der Waals surface area contributed by atoms with Crippen LogP contribution in [0.25, 0.3) is 0 Å². The number of benzene rings is 2. The van der Waals surface area contributed by atoms with Crippen LogP contribution in [0, 0.1) is 5.82 Å². The number of hydrogen-bond donors (Lipinski definition) is 1. The third kappa shape index (κ3) is 4.49. The topological polar surface area (TPSA) is 12.0 Å². The summed E-state index contributed by atoms with van der Waals surface area (Å²) in [5.74, 6) is -0.160. The molecule has 0 aliphatic rings. The second-order valence-corrected chi connectivity index (χ2v) is 4.78. The van der Waals surface area contributed by atoms with Crippen molar-refractivity contribution in [3.8, 4) is 0 Å². The van der Waals surface area contributed by atoms with Crippen molar-refractivity contribution in [2.45, 2.75) is 25.8 Å². The predicted octanol–water partition coefficient (Wildman–Crippen LogP) is 3.59. The van der Waals surface area contributed by atoms with Crippen LogP contribution in [0.2, 0.25) is 0 Å². The summed E-state index contributed by atoms with van der Waals surface area (Å²) in [6.45, 7) is 3.02. The summed E-state index contributed by atoms with van der Waals surface area (Å²) in [5.41, 5.74) is 2.35. The molecule has 2 rings (SSSR count). The molecule has 0 aliphatic carbocycles. The van der Waals surface area contributed by atoms with Crippen LogP contribution in [0.3, 0.4) is 0 Å². The van der Waals surface area contributed by atoms with E-state index in [1.165, 1.54) is 11.6 Å². The van der Waals surface area contributed by atoms with E-state index in [-0.39, 0.29) is 5.82 Å². The van der Waals surface area contributed by atoms with Gasteiger partial charge in [0.1, 0.15) is 5.82 Å². The molecule has 19 heavy (non-hydrogen) atoms. The SMILES string of the molecule is CCNC(Cc1ccccc1)Cc1cccc(F)c1. The third-order valence-electron chi connectivity index (χ3n) is 3.19. The predicted molar refractivity (Wildman–Crippen MR) is 77.7 cm³/mol. The molecule has 0 aromatic heterocycles. The lowest BCUT2D eigenvalue weighted by atomic mass is 9.99. The smallest absolute Gasteiger partial charge is 0.123 e. The van der Waals surface area contributed by atoms with Crippen molar-refractivity contribution in [3.05, 3.63) is 71.5 Å². The minimum Gasteiger partial charge on any atom is -0.314 e. The Morgan fingerprint density at radius 1 is 0.947 bits per heavy atom. The lowest BCUT2D eigenvalue weighted by molar-refractivity contribution is 0.519. The number of nitrogens with one attached hydrogen (secondary N) is 1. The van der Waals surface area contributed by atoms with Crippen LogP contribution < -0.4 is 5.32 Å². The van der Waals surface area contributed by atoms with Gasteiger partial charge in [-0.1, -0.05) is 49.4 Å². The van der Waals surface area contributed by atoms with E-state index in [9.17, 15) is 4.39 Å². The maximum absolute atomic E-state index is 13.2. The highest BCUT2D eigenvalue weighted by Gasteiger charge is 2.09. The monoisotopic (exact) mass is 257 g/mol. The molecule has 0 amide bonds. The van der Waals surface area contributed by atoms with E-state index in [0.717, 1.165) is 24.9 Å². The average Bonchev–Trinajstić information content (AvgIpc) is 2.40. The van der Waals surface area contributed by atoms with Gasteiger partial charge in [-0.05, 0) is 42.6 Å². The van der Waals surface area contributed by atoms with Gasteiger partial charge in [-0.3, -0.25) is 0 Å². The lowest BCUT2D eigenvalue weighted by Crippen LogP contribution is -2.33. The average molecular weight is 257 g/mol. The van der Waals surface area contributed by atoms with Crippen LogP contribution in [-0.4, -0.2) is 12.6 Å². The number of likely N-dealkylation sites (N-methyl/N-ethyl adjacent to an activating group) is 1. The molecule has 2 aromatic carbocycles. The molecule has 0 fully saturated rings. The Bertz CT molecular complexity index is 496. The standard InChI is InChI=1S/C17H20FN/c1-2-19-17(12-14-7-4-3-5-8-14)13-15-9-6-10-16(18)11-15/h3-11,17,19H,2,12-13H2,1H3. The van der Waals surface area contributed by atoms with E-state index in [0.29, 0.717) is 6.04 Å². The summed E-state index contributed by atoms with van der Waals surface area (Å²) in [7, 11) is 0. The van der Waals surface area contributed by atoms with Gasteiger partial charge in [0.05, 0.1) is 0 Å². The summed E-state index contributed by atoms with van der Waals surface area (Å²) in [5, 5.41) is 3.48. The van der Waals surface area contributed by atoms with Crippen LogP contribution in [0.1, 0.15) is 18.1 Å². The van der Waals surface area contributed by atoms with Crippen molar-refractivity contribution in [3.63, 3.8) is 0 Å². The zero-order valence-electron chi connectivity index (χ0n) is 11.3. The summed E-state index contributed by atoms with van der Waals surface area (Å²) < 4.78 is 13.2. The molecule has 0 aliphatic heterocycles. The molecule has 0 radical (unpaired) electrons. The number of halogens is 1. The van der Waals surface area contributed by atoms with E-state index in [1.807, 2.05) is 12.1 Å². The minimum absolute atomic E-state index is 0.160. The molecule has 1 nitrogen and oxygen atoms in total. The lowest BCUT2D eigenvalue weighted by Gasteiger charge is -2.18. The molecule has 1 N–H and O–H groups in total. The number of rotatable bonds is 6. The Morgan fingerprint density at radius 3 is 2.32 bits per heavy atom. The Kier molecular flexibility index (Phi) is 5.10. The van der Waals surface area contributed by atoms with Crippen molar-refractivity contribution >= 4 is 0 Å². The molecule has 1 unspecified atom stereocenters. The van der Waals surface area contributed by atoms with Gasteiger partial charge >= 0.3 is 0 Å². The highest BCUT2D eigenvalue weighted by Crippen LogP contribution is 2.10. The first-order valence-electron chi connectivity index (χ1n) is 6.79. The molecular weight excluding hydrogens is 237 g/mol. The molecule has 100 valence electrons.